The second-order valence-electron chi connectivity index (χ2n) is 4.43. The SMILES string of the molecule is C=C[Si](Cl)(CC(C)C)CC(C)C. The van der Waals surface area contributed by atoms with Crippen LogP contribution in [-0.4, -0.2) is 7.38 Å². The minimum absolute atomic E-state index is 0.700. The number of hydrogen-bond donors (Lipinski definition) is 0. The van der Waals surface area contributed by atoms with E-state index in [0.717, 1.165) is 12.1 Å². The molecule has 0 atom stereocenters. The van der Waals surface area contributed by atoms with Crippen molar-refractivity contribution in [2.24, 2.45) is 11.8 Å². The van der Waals surface area contributed by atoms with Crippen molar-refractivity contribution < 1.29 is 0 Å². The molecule has 0 radical (unpaired) electrons. The molecule has 0 saturated carbocycles. The summed E-state index contributed by atoms with van der Waals surface area (Å²) in [6.45, 7) is 12.8. The van der Waals surface area contributed by atoms with Gasteiger partial charge in [-0.3, -0.25) is 0 Å². The Kier molecular flexibility index (Phi) is 5.18. The Morgan fingerprint density at radius 2 is 1.50 bits per heavy atom. The van der Waals surface area contributed by atoms with Gasteiger partial charge in [0, 0.05) is 0 Å². The monoisotopic (exact) mass is 204 g/mol. The van der Waals surface area contributed by atoms with Gasteiger partial charge in [0.15, 0.2) is 7.38 Å². The average molecular weight is 205 g/mol. The molecule has 0 rings (SSSR count). The molecule has 0 saturated heterocycles. The molecule has 0 heterocycles. The summed E-state index contributed by atoms with van der Waals surface area (Å²) < 4.78 is 0. The molecule has 0 spiro atoms. The van der Waals surface area contributed by atoms with Gasteiger partial charge in [0.05, 0.1) is 0 Å². The smallest absolute Gasteiger partial charge is 0.162 e. The molecule has 0 unspecified atom stereocenters. The summed E-state index contributed by atoms with van der Waals surface area (Å²) in [5.74, 6) is 1.40. The van der Waals surface area contributed by atoms with Gasteiger partial charge in [-0.15, -0.1) is 6.58 Å². The van der Waals surface area contributed by atoms with Gasteiger partial charge in [0.2, 0.25) is 0 Å². The Bertz CT molecular complexity index is 131. The third-order valence-corrected chi connectivity index (χ3v) is 6.97. The van der Waals surface area contributed by atoms with Crippen molar-refractivity contribution in [2.75, 3.05) is 0 Å². The van der Waals surface area contributed by atoms with Gasteiger partial charge in [-0.2, -0.15) is 11.1 Å². The van der Waals surface area contributed by atoms with Crippen LogP contribution in [0.15, 0.2) is 12.3 Å². The van der Waals surface area contributed by atoms with Crippen molar-refractivity contribution in [2.45, 2.75) is 39.8 Å². The van der Waals surface area contributed by atoms with E-state index in [1.165, 1.54) is 0 Å². The minimum atomic E-state index is -1.61. The van der Waals surface area contributed by atoms with Gasteiger partial charge >= 0.3 is 0 Å². The van der Waals surface area contributed by atoms with Crippen LogP contribution in [0.2, 0.25) is 12.1 Å². The quantitative estimate of drug-likeness (QED) is 0.465. The Morgan fingerprint density at radius 1 is 1.17 bits per heavy atom. The molecule has 0 nitrogen and oxygen atoms in total. The highest BCUT2D eigenvalue weighted by Crippen LogP contribution is 2.29. The maximum Gasteiger partial charge on any atom is 0.179 e. The minimum Gasteiger partial charge on any atom is -0.162 e. The normalized spacial score (nSPS) is 12.6. The van der Waals surface area contributed by atoms with Crippen molar-refractivity contribution in [3.05, 3.63) is 12.3 Å². The van der Waals surface area contributed by atoms with E-state index in [9.17, 15) is 0 Å². The van der Waals surface area contributed by atoms with E-state index in [1.54, 1.807) is 0 Å². The molecule has 72 valence electrons. The summed E-state index contributed by atoms with van der Waals surface area (Å²) in [7, 11) is -1.61. The maximum absolute atomic E-state index is 6.53. The van der Waals surface area contributed by atoms with Crippen LogP contribution in [0, 0.1) is 11.8 Å². The summed E-state index contributed by atoms with van der Waals surface area (Å²) >= 11 is 6.53. The van der Waals surface area contributed by atoms with Gasteiger partial charge in [0.1, 0.15) is 0 Å². The van der Waals surface area contributed by atoms with Crippen LogP contribution < -0.4 is 0 Å². The first-order valence-corrected chi connectivity index (χ1v) is 8.22. The molecule has 12 heavy (non-hydrogen) atoms. The Balaban J connectivity index is 4.14. The van der Waals surface area contributed by atoms with E-state index in [4.69, 9.17) is 11.1 Å². The fraction of sp³-hybridized carbons (Fsp3) is 0.800. The summed E-state index contributed by atoms with van der Waals surface area (Å²) in [5.41, 5.74) is 2.04. The average Bonchev–Trinajstić information content (AvgIpc) is 1.83. The third kappa shape index (κ3) is 4.99. The molecule has 0 amide bonds. The van der Waals surface area contributed by atoms with Crippen LogP contribution in [0.25, 0.3) is 0 Å². The predicted octanol–water partition coefficient (Wildman–Crippen LogP) is 4.21. The first-order chi connectivity index (χ1) is 5.39. The summed E-state index contributed by atoms with van der Waals surface area (Å²) in [5, 5.41) is 0. The lowest BCUT2D eigenvalue weighted by atomic mass is 10.3. The first-order valence-electron chi connectivity index (χ1n) is 4.72. The molecule has 0 aromatic heterocycles. The maximum atomic E-state index is 6.53. The summed E-state index contributed by atoms with van der Waals surface area (Å²) in [6.07, 6.45) is 0. The van der Waals surface area contributed by atoms with Crippen LogP contribution in [0.5, 0.6) is 0 Å². The number of halogens is 1. The molecular formula is C10H21ClSi. The second-order valence-corrected chi connectivity index (χ2v) is 9.99. The van der Waals surface area contributed by atoms with Crippen molar-refractivity contribution in [1.82, 2.24) is 0 Å². The highest BCUT2D eigenvalue weighted by molar-refractivity contribution is 7.23. The van der Waals surface area contributed by atoms with Crippen LogP contribution in [0.4, 0.5) is 0 Å². The fourth-order valence-electron chi connectivity index (χ4n) is 1.61. The Hall–Kier alpha value is 0.247. The molecule has 0 fully saturated rings. The van der Waals surface area contributed by atoms with Crippen LogP contribution >= 0.6 is 11.1 Å². The van der Waals surface area contributed by atoms with Crippen LogP contribution in [-0.2, 0) is 0 Å². The van der Waals surface area contributed by atoms with E-state index < -0.39 is 7.38 Å². The lowest BCUT2D eigenvalue weighted by Crippen LogP contribution is -2.28. The molecule has 0 N–H and O–H groups in total. The zero-order valence-electron chi connectivity index (χ0n) is 8.73. The molecule has 0 bridgehead atoms. The molecular weight excluding hydrogens is 184 g/mol. The van der Waals surface area contributed by atoms with Crippen molar-refractivity contribution in [3.8, 4) is 0 Å². The molecule has 0 aromatic carbocycles. The van der Waals surface area contributed by atoms with Crippen molar-refractivity contribution in [1.29, 1.82) is 0 Å². The van der Waals surface area contributed by atoms with Gasteiger partial charge in [-0.25, -0.2) is 0 Å². The third-order valence-electron chi connectivity index (χ3n) is 1.86. The molecule has 0 aliphatic rings. The van der Waals surface area contributed by atoms with E-state index >= 15 is 0 Å². The van der Waals surface area contributed by atoms with E-state index in [-0.39, 0.29) is 0 Å². The van der Waals surface area contributed by atoms with Crippen molar-refractivity contribution >= 4 is 18.5 Å². The fourth-order valence-corrected chi connectivity index (χ4v) is 6.67. The van der Waals surface area contributed by atoms with Crippen molar-refractivity contribution in [3.63, 3.8) is 0 Å². The lowest BCUT2D eigenvalue weighted by molar-refractivity contribution is 0.690. The van der Waals surface area contributed by atoms with Crippen LogP contribution in [0.1, 0.15) is 27.7 Å². The topological polar surface area (TPSA) is 0 Å². The molecule has 0 aliphatic carbocycles. The number of rotatable bonds is 5. The van der Waals surface area contributed by atoms with Gasteiger partial charge in [-0.05, 0) is 23.9 Å². The Morgan fingerprint density at radius 3 is 1.67 bits per heavy atom. The predicted molar refractivity (Wildman–Crippen MR) is 61.1 cm³/mol. The largest absolute Gasteiger partial charge is 0.179 e. The highest BCUT2D eigenvalue weighted by Gasteiger charge is 2.28. The zero-order chi connectivity index (χ0) is 9.78. The van der Waals surface area contributed by atoms with Crippen LogP contribution in [0.3, 0.4) is 0 Å². The van der Waals surface area contributed by atoms with E-state index in [1.807, 2.05) is 5.70 Å². The van der Waals surface area contributed by atoms with Gasteiger partial charge in [0.25, 0.3) is 0 Å². The zero-order valence-corrected chi connectivity index (χ0v) is 10.5. The number of hydrogen-bond acceptors (Lipinski definition) is 0. The second kappa shape index (κ2) is 5.08. The highest BCUT2D eigenvalue weighted by atomic mass is 35.6. The molecule has 0 aliphatic heterocycles. The summed E-state index contributed by atoms with van der Waals surface area (Å²) in [6, 6.07) is 2.33. The molecule has 2 heteroatoms. The van der Waals surface area contributed by atoms with E-state index in [0.29, 0.717) is 11.8 Å². The summed E-state index contributed by atoms with van der Waals surface area (Å²) in [4.78, 5) is 0. The lowest BCUT2D eigenvalue weighted by Gasteiger charge is -2.24. The van der Waals surface area contributed by atoms with Gasteiger partial charge in [-0.1, -0.05) is 33.4 Å². The van der Waals surface area contributed by atoms with Gasteiger partial charge < -0.3 is 0 Å². The Labute approximate surface area is 82.7 Å². The van der Waals surface area contributed by atoms with E-state index in [2.05, 4.69) is 34.3 Å². The molecule has 0 aromatic rings. The standard InChI is InChI=1S/C10H21ClSi/c1-6-12(11,7-9(2)3)8-10(4)5/h6,9-10H,1,7-8H2,2-5H3. The first kappa shape index (κ1) is 12.2.